The maximum absolute atomic E-state index is 12.0. The zero-order valence-electron chi connectivity index (χ0n) is 14.7. The molecule has 8 heteroatoms. The van der Waals surface area contributed by atoms with Gasteiger partial charge in [0.1, 0.15) is 18.1 Å². The monoisotopic (exact) mass is 378 g/mol. The van der Waals surface area contributed by atoms with Crippen LogP contribution in [-0.2, 0) is 9.63 Å². The predicted octanol–water partition coefficient (Wildman–Crippen LogP) is 3.14. The Morgan fingerprint density at radius 2 is 1.96 bits per heavy atom. The number of alkyl halides is 2. The van der Waals surface area contributed by atoms with Gasteiger partial charge in [-0.2, -0.15) is 8.78 Å². The predicted molar refractivity (Wildman–Crippen MR) is 96.3 cm³/mol. The molecule has 0 heterocycles. The summed E-state index contributed by atoms with van der Waals surface area (Å²) < 4.78 is 33.8. The number of nitrogens with zero attached hydrogens (tertiary/aromatic N) is 1. The SMILES string of the molecule is Cc1cccc(OCCNC(=O)CO/N=C\c2ccc(OC(F)F)cc2)c1. The van der Waals surface area contributed by atoms with Crippen LogP contribution in [0.4, 0.5) is 8.78 Å². The van der Waals surface area contributed by atoms with Gasteiger partial charge in [-0.15, -0.1) is 0 Å². The van der Waals surface area contributed by atoms with Crippen LogP contribution in [0.3, 0.4) is 0 Å². The van der Waals surface area contributed by atoms with Gasteiger partial charge >= 0.3 is 6.61 Å². The molecule has 2 aromatic carbocycles. The molecular weight excluding hydrogens is 358 g/mol. The van der Waals surface area contributed by atoms with Crippen LogP contribution in [0.1, 0.15) is 11.1 Å². The fourth-order valence-electron chi connectivity index (χ4n) is 2.04. The quantitative estimate of drug-likeness (QED) is 0.392. The topological polar surface area (TPSA) is 69.2 Å². The summed E-state index contributed by atoms with van der Waals surface area (Å²) in [6, 6.07) is 13.5. The lowest BCUT2D eigenvalue weighted by molar-refractivity contribution is -0.125. The molecule has 6 nitrogen and oxygen atoms in total. The molecule has 0 unspecified atom stereocenters. The van der Waals surface area contributed by atoms with Crippen molar-refractivity contribution in [3.63, 3.8) is 0 Å². The summed E-state index contributed by atoms with van der Waals surface area (Å²) in [4.78, 5) is 16.5. The minimum atomic E-state index is -2.87. The van der Waals surface area contributed by atoms with Gasteiger partial charge in [0.05, 0.1) is 12.8 Å². The molecule has 2 rings (SSSR count). The molecule has 0 radical (unpaired) electrons. The standard InChI is InChI=1S/C19H20F2N2O4/c1-14-3-2-4-17(11-14)25-10-9-22-18(24)13-26-23-12-15-5-7-16(8-6-15)27-19(20)21/h2-8,11-12,19H,9-10,13H2,1H3,(H,22,24)/b23-12-. The smallest absolute Gasteiger partial charge is 0.387 e. The Morgan fingerprint density at radius 3 is 2.67 bits per heavy atom. The molecule has 0 fully saturated rings. The van der Waals surface area contributed by atoms with Crippen LogP contribution in [0.15, 0.2) is 53.7 Å². The van der Waals surface area contributed by atoms with Gasteiger partial charge < -0.3 is 19.6 Å². The highest BCUT2D eigenvalue weighted by Crippen LogP contribution is 2.14. The van der Waals surface area contributed by atoms with Gasteiger partial charge in [-0.1, -0.05) is 17.3 Å². The Bertz CT molecular complexity index is 752. The molecule has 0 bridgehead atoms. The number of ether oxygens (including phenoxy) is 2. The third-order valence-corrected chi connectivity index (χ3v) is 3.26. The van der Waals surface area contributed by atoms with Crippen molar-refractivity contribution in [1.29, 1.82) is 0 Å². The largest absolute Gasteiger partial charge is 0.492 e. The van der Waals surface area contributed by atoms with Crippen molar-refractivity contribution in [2.45, 2.75) is 13.5 Å². The second-order valence-corrected chi connectivity index (χ2v) is 5.47. The number of amides is 1. The van der Waals surface area contributed by atoms with E-state index in [-0.39, 0.29) is 18.3 Å². The van der Waals surface area contributed by atoms with Crippen LogP contribution in [0.25, 0.3) is 0 Å². The van der Waals surface area contributed by atoms with E-state index < -0.39 is 6.61 Å². The number of rotatable bonds is 10. The number of halogens is 2. The molecule has 144 valence electrons. The number of aryl methyl sites for hydroxylation is 1. The van der Waals surface area contributed by atoms with E-state index in [0.29, 0.717) is 18.7 Å². The van der Waals surface area contributed by atoms with Crippen LogP contribution >= 0.6 is 0 Å². The summed E-state index contributed by atoms with van der Waals surface area (Å²) in [6.07, 6.45) is 1.36. The van der Waals surface area contributed by atoms with Crippen molar-refractivity contribution >= 4 is 12.1 Å². The summed E-state index contributed by atoms with van der Waals surface area (Å²) in [7, 11) is 0. The summed E-state index contributed by atoms with van der Waals surface area (Å²) in [5, 5.41) is 6.29. The number of carbonyl (C=O) groups excluding carboxylic acids is 1. The first-order valence-corrected chi connectivity index (χ1v) is 8.19. The van der Waals surface area contributed by atoms with Crippen molar-refractivity contribution in [3.8, 4) is 11.5 Å². The van der Waals surface area contributed by atoms with Gasteiger partial charge in [0, 0.05) is 0 Å². The molecule has 0 atom stereocenters. The van der Waals surface area contributed by atoms with E-state index in [1.54, 1.807) is 0 Å². The first kappa shape index (κ1) is 20.2. The maximum atomic E-state index is 12.0. The average molecular weight is 378 g/mol. The highest BCUT2D eigenvalue weighted by molar-refractivity contribution is 5.80. The van der Waals surface area contributed by atoms with Crippen LogP contribution in [-0.4, -0.2) is 38.5 Å². The minimum absolute atomic E-state index is 0.0512. The fourth-order valence-corrected chi connectivity index (χ4v) is 2.04. The molecule has 2 aromatic rings. The Hall–Kier alpha value is -3.16. The Morgan fingerprint density at radius 1 is 1.19 bits per heavy atom. The van der Waals surface area contributed by atoms with Gasteiger partial charge in [0.15, 0.2) is 6.61 Å². The first-order chi connectivity index (χ1) is 13.0. The third kappa shape index (κ3) is 8.17. The van der Waals surface area contributed by atoms with E-state index in [4.69, 9.17) is 9.57 Å². The molecule has 1 N–H and O–H groups in total. The number of benzene rings is 2. The van der Waals surface area contributed by atoms with Gasteiger partial charge in [-0.3, -0.25) is 4.79 Å². The first-order valence-electron chi connectivity index (χ1n) is 8.19. The van der Waals surface area contributed by atoms with Crippen LogP contribution in [0.2, 0.25) is 0 Å². The third-order valence-electron chi connectivity index (χ3n) is 3.26. The summed E-state index contributed by atoms with van der Waals surface area (Å²) >= 11 is 0. The lowest BCUT2D eigenvalue weighted by Crippen LogP contribution is -2.30. The molecule has 0 aliphatic carbocycles. The molecule has 0 aromatic heterocycles. The van der Waals surface area contributed by atoms with E-state index in [2.05, 4.69) is 15.2 Å². The molecule has 0 saturated carbocycles. The molecule has 0 aliphatic rings. The minimum Gasteiger partial charge on any atom is -0.492 e. The highest BCUT2D eigenvalue weighted by Gasteiger charge is 2.03. The zero-order valence-corrected chi connectivity index (χ0v) is 14.7. The lowest BCUT2D eigenvalue weighted by Gasteiger charge is -2.07. The van der Waals surface area contributed by atoms with E-state index in [1.807, 2.05) is 31.2 Å². The van der Waals surface area contributed by atoms with Crippen molar-refractivity contribution < 1.29 is 27.9 Å². The summed E-state index contributed by atoms with van der Waals surface area (Å²) in [5.74, 6) is 0.464. The number of hydrogen-bond donors (Lipinski definition) is 1. The van der Waals surface area contributed by atoms with E-state index >= 15 is 0 Å². The zero-order chi connectivity index (χ0) is 19.5. The van der Waals surface area contributed by atoms with Gasteiger partial charge in [-0.05, 0) is 54.4 Å². The van der Waals surface area contributed by atoms with Gasteiger partial charge in [-0.25, -0.2) is 0 Å². The number of carbonyl (C=O) groups is 1. The molecule has 0 aliphatic heterocycles. The molecule has 27 heavy (non-hydrogen) atoms. The van der Waals surface area contributed by atoms with Crippen LogP contribution in [0.5, 0.6) is 11.5 Å². The van der Waals surface area contributed by atoms with E-state index in [9.17, 15) is 13.6 Å². The lowest BCUT2D eigenvalue weighted by atomic mass is 10.2. The maximum Gasteiger partial charge on any atom is 0.387 e. The van der Waals surface area contributed by atoms with E-state index in [0.717, 1.165) is 11.3 Å². The number of oxime groups is 1. The second-order valence-electron chi connectivity index (χ2n) is 5.47. The number of hydrogen-bond acceptors (Lipinski definition) is 5. The Labute approximate surface area is 155 Å². The number of nitrogens with one attached hydrogen (secondary N) is 1. The fraction of sp³-hybridized carbons (Fsp3) is 0.263. The van der Waals surface area contributed by atoms with Crippen LogP contribution < -0.4 is 14.8 Å². The molecular formula is C19H20F2N2O4. The molecule has 1 amide bonds. The van der Waals surface area contributed by atoms with Gasteiger partial charge in [0.25, 0.3) is 5.91 Å². The van der Waals surface area contributed by atoms with Crippen molar-refractivity contribution in [1.82, 2.24) is 5.32 Å². The molecule has 0 spiro atoms. The highest BCUT2D eigenvalue weighted by atomic mass is 19.3. The summed E-state index contributed by atoms with van der Waals surface area (Å²) in [6.45, 7) is -0.462. The Balaban J connectivity index is 1.60. The Kier molecular flexibility index (Phi) is 8.02. The second kappa shape index (κ2) is 10.7. The van der Waals surface area contributed by atoms with Crippen molar-refractivity contribution in [3.05, 3.63) is 59.7 Å². The molecule has 0 saturated heterocycles. The van der Waals surface area contributed by atoms with Crippen molar-refractivity contribution in [2.24, 2.45) is 5.16 Å². The average Bonchev–Trinajstić information content (AvgIpc) is 2.63. The summed E-state index contributed by atoms with van der Waals surface area (Å²) in [5.41, 5.74) is 1.71. The van der Waals surface area contributed by atoms with Crippen LogP contribution in [0, 0.1) is 6.92 Å². The van der Waals surface area contributed by atoms with Gasteiger partial charge in [0.2, 0.25) is 0 Å². The normalized spacial score (nSPS) is 10.8. The van der Waals surface area contributed by atoms with E-state index in [1.165, 1.54) is 30.5 Å². The van der Waals surface area contributed by atoms with Crippen molar-refractivity contribution in [2.75, 3.05) is 19.8 Å².